The summed E-state index contributed by atoms with van der Waals surface area (Å²) >= 11 is 0. The molecule has 8 heteroatoms. The Balaban J connectivity index is 1.88. The van der Waals surface area contributed by atoms with E-state index < -0.39 is 34.1 Å². The molecule has 0 aliphatic carbocycles. The molecule has 3 rings (SSSR count). The van der Waals surface area contributed by atoms with Crippen LogP contribution in [-0.2, 0) is 0 Å². The highest BCUT2D eigenvalue weighted by atomic mass is 19.1. The molecular weight excluding hydrogens is 381 g/mol. The lowest BCUT2D eigenvalue weighted by Crippen LogP contribution is -2.17. The number of nitro benzene ring substituents is 1. The van der Waals surface area contributed by atoms with E-state index >= 15 is 0 Å². The molecule has 0 aliphatic heterocycles. The molecule has 0 aliphatic rings. The van der Waals surface area contributed by atoms with Crippen molar-refractivity contribution in [1.29, 1.82) is 0 Å². The Hall–Kier alpha value is -4.07. The van der Waals surface area contributed by atoms with Gasteiger partial charge in [0.1, 0.15) is 11.6 Å². The van der Waals surface area contributed by atoms with Crippen molar-refractivity contribution >= 4 is 17.6 Å². The Kier molecular flexibility index (Phi) is 5.64. The number of carbonyl (C=O) groups is 2. The number of hydrogen-bond donors (Lipinski definition) is 0. The van der Waals surface area contributed by atoms with Crippen molar-refractivity contribution in [3.8, 4) is 11.5 Å². The number of halogens is 1. The van der Waals surface area contributed by atoms with Crippen molar-refractivity contribution in [3.63, 3.8) is 0 Å². The zero-order chi connectivity index (χ0) is 21.0. The van der Waals surface area contributed by atoms with Gasteiger partial charge in [0.05, 0.1) is 22.1 Å². The smallest absolute Gasteiger partial charge is 0.344 e. The van der Waals surface area contributed by atoms with Crippen LogP contribution in [0, 0.1) is 22.9 Å². The van der Waals surface area contributed by atoms with Crippen molar-refractivity contribution in [2.75, 3.05) is 0 Å². The molecule has 0 saturated carbocycles. The molecule has 0 fully saturated rings. The van der Waals surface area contributed by atoms with Crippen LogP contribution in [0.5, 0.6) is 11.5 Å². The van der Waals surface area contributed by atoms with E-state index in [2.05, 4.69) is 0 Å². The van der Waals surface area contributed by atoms with Crippen molar-refractivity contribution in [2.45, 2.75) is 6.92 Å². The Morgan fingerprint density at radius 2 is 1.55 bits per heavy atom. The highest BCUT2D eigenvalue weighted by Crippen LogP contribution is 2.28. The SMILES string of the molecule is Cc1cccc(OC(=O)c2ccccc2C(=O)Oc2ccc(F)cc2[N+](=O)[O-])c1. The first-order valence-electron chi connectivity index (χ1n) is 8.39. The molecule has 3 aromatic carbocycles. The largest absolute Gasteiger partial charge is 0.423 e. The van der Waals surface area contributed by atoms with Crippen LogP contribution in [0.1, 0.15) is 26.3 Å². The van der Waals surface area contributed by atoms with Gasteiger partial charge in [-0.15, -0.1) is 0 Å². The van der Waals surface area contributed by atoms with E-state index in [1.165, 1.54) is 24.3 Å². The van der Waals surface area contributed by atoms with Crippen LogP contribution in [0.15, 0.2) is 66.7 Å². The van der Waals surface area contributed by atoms with Crippen molar-refractivity contribution < 1.29 is 28.4 Å². The van der Waals surface area contributed by atoms with Crippen molar-refractivity contribution in [3.05, 3.63) is 99.4 Å². The molecule has 0 spiro atoms. The van der Waals surface area contributed by atoms with Crippen LogP contribution in [-0.4, -0.2) is 16.9 Å². The summed E-state index contributed by atoms with van der Waals surface area (Å²) in [6.07, 6.45) is 0. The lowest BCUT2D eigenvalue weighted by molar-refractivity contribution is -0.385. The molecule has 0 N–H and O–H groups in total. The number of ether oxygens (including phenoxy) is 2. The van der Waals surface area contributed by atoms with E-state index in [-0.39, 0.29) is 11.1 Å². The molecule has 0 saturated heterocycles. The number of hydrogen-bond acceptors (Lipinski definition) is 6. The molecule has 0 heterocycles. The Bertz CT molecular complexity index is 1110. The molecule has 0 amide bonds. The summed E-state index contributed by atoms with van der Waals surface area (Å²) < 4.78 is 23.6. The van der Waals surface area contributed by atoms with E-state index in [1.807, 2.05) is 13.0 Å². The zero-order valence-corrected chi connectivity index (χ0v) is 15.1. The Morgan fingerprint density at radius 1 is 0.897 bits per heavy atom. The molecule has 0 unspecified atom stereocenters. The minimum Gasteiger partial charge on any atom is -0.423 e. The van der Waals surface area contributed by atoms with Crippen LogP contribution in [0.3, 0.4) is 0 Å². The van der Waals surface area contributed by atoms with Crippen LogP contribution in [0.2, 0.25) is 0 Å². The van der Waals surface area contributed by atoms with Gasteiger partial charge in [0, 0.05) is 0 Å². The molecule has 146 valence electrons. The highest BCUT2D eigenvalue weighted by molar-refractivity contribution is 6.04. The molecule has 29 heavy (non-hydrogen) atoms. The Labute approximate surface area is 164 Å². The van der Waals surface area contributed by atoms with Gasteiger partial charge in [0.2, 0.25) is 5.75 Å². The van der Waals surface area contributed by atoms with E-state index in [1.54, 1.807) is 18.2 Å². The van der Waals surface area contributed by atoms with Crippen LogP contribution >= 0.6 is 0 Å². The van der Waals surface area contributed by atoms with Gasteiger partial charge in [0.15, 0.2) is 0 Å². The number of nitro groups is 1. The summed E-state index contributed by atoms with van der Waals surface area (Å²) in [6.45, 7) is 1.83. The average molecular weight is 395 g/mol. The van der Waals surface area contributed by atoms with Gasteiger partial charge in [-0.2, -0.15) is 0 Å². The van der Waals surface area contributed by atoms with Gasteiger partial charge in [-0.3, -0.25) is 10.1 Å². The fraction of sp³-hybridized carbons (Fsp3) is 0.0476. The zero-order valence-electron chi connectivity index (χ0n) is 15.1. The minimum absolute atomic E-state index is 0.0798. The van der Waals surface area contributed by atoms with Crippen LogP contribution in [0.4, 0.5) is 10.1 Å². The standard InChI is InChI=1S/C21H14FNO6/c1-13-5-4-6-15(11-13)28-20(24)16-7-2-3-8-17(16)21(25)29-19-10-9-14(22)12-18(19)23(26)27/h2-12H,1H3. The van der Waals surface area contributed by atoms with Gasteiger partial charge in [-0.05, 0) is 48.9 Å². The summed E-state index contributed by atoms with van der Waals surface area (Å²) in [5.41, 5.74) is -0.0580. The number of nitrogens with zero attached hydrogens (tertiary/aromatic N) is 1. The van der Waals surface area contributed by atoms with Gasteiger partial charge in [-0.25, -0.2) is 14.0 Å². The lowest BCUT2D eigenvalue weighted by atomic mass is 10.1. The van der Waals surface area contributed by atoms with Gasteiger partial charge in [0.25, 0.3) is 0 Å². The number of benzene rings is 3. The number of esters is 2. The first-order valence-corrected chi connectivity index (χ1v) is 8.39. The quantitative estimate of drug-likeness (QED) is 0.274. The second kappa shape index (κ2) is 8.30. The fourth-order valence-corrected chi connectivity index (χ4v) is 2.55. The minimum atomic E-state index is -1.02. The molecular formula is C21H14FNO6. The van der Waals surface area contributed by atoms with Crippen LogP contribution < -0.4 is 9.47 Å². The maximum atomic E-state index is 13.3. The third-order valence-electron chi connectivity index (χ3n) is 3.89. The molecule has 0 aromatic heterocycles. The van der Waals surface area contributed by atoms with Gasteiger partial charge in [-0.1, -0.05) is 24.3 Å². The summed E-state index contributed by atoms with van der Waals surface area (Å²) in [4.78, 5) is 35.3. The first kappa shape index (κ1) is 19.7. The lowest BCUT2D eigenvalue weighted by Gasteiger charge is -2.10. The third-order valence-corrected chi connectivity index (χ3v) is 3.89. The first-order chi connectivity index (χ1) is 13.8. The summed E-state index contributed by atoms with van der Waals surface area (Å²) in [5, 5.41) is 11.1. The topological polar surface area (TPSA) is 95.7 Å². The monoisotopic (exact) mass is 395 g/mol. The summed E-state index contributed by atoms with van der Waals surface area (Å²) in [5.74, 6) is -2.80. The molecule has 0 radical (unpaired) electrons. The summed E-state index contributed by atoms with van der Waals surface area (Å²) in [7, 11) is 0. The highest BCUT2D eigenvalue weighted by Gasteiger charge is 2.24. The second-order valence-corrected chi connectivity index (χ2v) is 6.01. The van der Waals surface area contributed by atoms with E-state index in [0.717, 1.165) is 17.7 Å². The van der Waals surface area contributed by atoms with E-state index in [4.69, 9.17) is 9.47 Å². The van der Waals surface area contributed by atoms with Crippen molar-refractivity contribution in [2.24, 2.45) is 0 Å². The third kappa shape index (κ3) is 4.62. The predicted molar refractivity (Wildman–Crippen MR) is 101 cm³/mol. The van der Waals surface area contributed by atoms with Gasteiger partial charge < -0.3 is 9.47 Å². The molecule has 0 atom stereocenters. The number of rotatable bonds is 5. The maximum Gasteiger partial charge on any atom is 0.344 e. The summed E-state index contributed by atoms with van der Waals surface area (Å²) in [6, 6.07) is 15.0. The molecule has 3 aromatic rings. The molecule has 7 nitrogen and oxygen atoms in total. The second-order valence-electron chi connectivity index (χ2n) is 6.01. The van der Waals surface area contributed by atoms with E-state index in [0.29, 0.717) is 11.8 Å². The van der Waals surface area contributed by atoms with Crippen LogP contribution in [0.25, 0.3) is 0 Å². The molecule has 0 bridgehead atoms. The fourth-order valence-electron chi connectivity index (χ4n) is 2.55. The van der Waals surface area contributed by atoms with Crippen molar-refractivity contribution in [1.82, 2.24) is 0 Å². The Morgan fingerprint density at radius 3 is 2.17 bits per heavy atom. The predicted octanol–water partition coefficient (Wildman–Crippen LogP) is 4.48. The number of carbonyl (C=O) groups excluding carboxylic acids is 2. The van der Waals surface area contributed by atoms with Gasteiger partial charge >= 0.3 is 17.6 Å². The van der Waals surface area contributed by atoms with E-state index in [9.17, 15) is 24.1 Å². The average Bonchev–Trinajstić information content (AvgIpc) is 2.69. The number of aryl methyl sites for hydroxylation is 1. The maximum absolute atomic E-state index is 13.3. The normalized spacial score (nSPS) is 10.3.